The van der Waals surface area contributed by atoms with Crippen molar-refractivity contribution in [3.05, 3.63) is 17.1 Å². The first-order chi connectivity index (χ1) is 4.72. The first-order valence-corrected chi connectivity index (χ1v) is 3.26. The van der Waals surface area contributed by atoms with Crippen molar-refractivity contribution in [2.75, 3.05) is 0 Å². The zero-order chi connectivity index (χ0) is 7.56. The SMILES string of the molecule is O=C(O)C(F)c1ccns1. The van der Waals surface area contributed by atoms with E-state index in [0.717, 1.165) is 11.5 Å². The van der Waals surface area contributed by atoms with Gasteiger partial charge >= 0.3 is 5.97 Å². The molecule has 3 nitrogen and oxygen atoms in total. The molecule has 1 unspecified atom stereocenters. The predicted octanol–water partition coefficient (Wildman–Crippen LogP) is 1.24. The number of aliphatic carboxylic acids is 1. The summed E-state index contributed by atoms with van der Waals surface area (Å²) in [7, 11) is 0. The summed E-state index contributed by atoms with van der Waals surface area (Å²) in [5.74, 6) is -1.47. The van der Waals surface area contributed by atoms with Crippen molar-refractivity contribution in [2.24, 2.45) is 0 Å². The molecule has 0 fully saturated rings. The summed E-state index contributed by atoms with van der Waals surface area (Å²) < 4.78 is 16.0. The van der Waals surface area contributed by atoms with Crippen LogP contribution in [0.1, 0.15) is 11.0 Å². The highest BCUT2D eigenvalue weighted by molar-refractivity contribution is 7.05. The normalized spacial score (nSPS) is 12.9. The monoisotopic (exact) mass is 161 g/mol. The van der Waals surface area contributed by atoms with E-state index in [0.29, 0.717) is 0 Å². The summed E-state index contributed by atoms with van der Waals surface area (Å²) in [4.78, 5) is 10.1. The van der Waals surface area contributed by atoms with Crippen LogP contribution in [-0.4, -0.2) is 15.4 Å². The van der Waals surface area contributed by atoms with Gasteiger partial charge in [0.15, 0.2) is 0 Å². The molecule has 1 atom stereocenters. The van der Waals surface area contributed by atoms with Crippen molar-refractivity contribution in [3.63, 3.8) is 0 Å². The summed E-state index contributed by atoms with van der Waals surface area (Å²) in [6.45, 7) is 0. The van der Waals surface area contributed by atoms with Crippen LogP contribution >= 0.6 is 11.5 Å². The first-order valence-electron chi connectivity index (χ1n) is 2.49. The van der Waals surface area contributed by atoms with E-state index in [1.807, 2.05) is 0 Å². The number of carboxylic acid groups (broad SMARTS) is 1. The second kappa shape index (κ2) is 2.74. The van der Waals surface area contributed by atoms with Crippen LogP contribution in [0.15, 0.2) is 12.3 Å². The molecule has 5 heteroatoms. The van der Waals surface area contributed by atoms with Crippen molar-refractivity contribution in [3.8, 4) is 0 Å². The molecule has 0 spiro atoms. The Bertz CT molecular complexity index is 224. The second-order valence-electron chi connectivity index (χ2n) is 1.62. The van der Waals surface area contributed by atoms with Crippen LogP contribution in [0.25, 0.3) is 0 Å². The topological polar surface area (TPSA) is 50.2 Å². The number of hydrogen-bond donors (Lipinski definition) is 1. The van der Waals surface area contributed by atoms with Crippen LogP contribution in [0.2, 0.25) is 0 Å². The Morgan fingerprint density at radius 2 is 2.60 bits per heavy atom. The number of carbonyl (C=O) groups is 1. The summed E-state index contributed by atoms with van der Waals surface area (Å²) in [5.41, 5.74) is 0. The van der Waals surface area contributed by atoms with Crippen LogP contribution in [0.3, 0.4) is 0 Å². The molecule has 0 saturated heterocycles. The number of aromatic nitrogens is 1. The van der Waals surface area contributed by atoms with Crippen LogP contribution in [0.5, 0.6) is 0 Å². The summed E-state index contributed by atoms with van der Waals surface area (Å²) in [5, 5.41) is 8.16. The highest BCUT2D eigenvalue weighted by Gasteiger charge is 2.19. The van der Waals surface area contributed by atoms with Gasteiger partial charge in [0, 0.05) is 6.20 Å². The molecule has 1 aromatic heterocycles. The molecule has 1 N–H and O–H groups in total. The molecule has 0 aliphatic rings. The summed E-state index contributed by atoms with van der Waals surface area (Å²) in [6, 6.07) is 1.35. The van der Waals surface area contributed by atoms with Crippen LogP contribution in [0, 0.1) is 0 Å². The highest BCUT2D eigenvalue weighted by Crippen LogP contribution is 2.19. The maximum Gasteiger partial charge on any atom is 0.343 e. The van der Waals surface area contributed by atoms with E-state index in [1.165, 1.54) is 12.3 Å². The van der Waals surface area contributed by atoms with Gasteiger partial charge in [0.25, 0.3) is 0 Å². The van der Waals surface area contributed by atoms with Crippen LogP contribution in [0.4, 0.5) is 4.39 Å². The average Bonchev–Trinajstić information content (AvgIpc) is 2.36. The number of carboxylic acids is 1. The summed E-state index contributed by atoms with van der Waals surface area (Å²) in [6.07, 6.45) is -0.553. The number of hydrogen-bond acceptors (Lipinski definition) is 3. The lowest BCUT2D eigenvalue weighted by Crippen LogP contribution is -2.03. The Morgan fingerprint density at radius 3 is 3.00 bits per heavy atom. The fourth-order valence-electron chi connectivity index (χ4n) is 0.478. The van der Waals surface area contributed by atoms with Crippen molar-refractivity contribution in [2.45, 2.75) is 6.17 Å². The molecule has 0 radical (unpaired) electrons. The van der Waals surface area contributed by atoms with Crippen LogP contribution < -0.4 is 0 Å². The lowest BCUT2D eigenvalue weighted by molar-refractivity contribution is -0.142. The van der Waals surface area contributed by atoms with E-state index in [1.54, 1.807) is 0 Å². The first kappa shape index (κ1) is 7.14. The number of rotatable bonds is 2. The Labute approximate surface area is 60.3 Å². The fourth-order valence-corrected chi connectivity index (χ4v) is 1.04. The van der Waals surface area contributed by atoms with E-state index < -0.39 is 12.1 Å². The molecule has 10 heavy (non-hydrogen) atoms. The molecule has 0 aromatic carbocycles. The van der Waals surface area contributed by atoms with Gasteiger partial charge in [-0.3, -0.25) is 0 Å². The van der Waals surface area contributed by atoms with Crippen molar-refractivity contribution in [1.29, 1.82) is 0 Å². The van der Waals surface area contributed by atoms with E-state index >= 15 is 0 Å². The predicted molar refractivity (Wildman–Crippen MR) is 33.6 cm³/mol. The summed E-state index contributed by atoms with van der Waals surface area (Å²) >= 11 is 0.854. The quantitative estimate of drug-likeness (QED) is 0.709. The number of halogens is 1. The van der Waals surface area contributed by atoms with Crippen LogP contribution in [-0.2, 0) is 4.79 Å². The number of nitrogens with zero attached hydrogens (tertiary/aromatic N) is 1. The molecule has 0 bridgehead atoms. The van der Waals surface area contributed by atoms with Gasteiger partial charge in [-0.25, -0.2) is 13.6 Å². The maximum atomic E-state index is 12.5. The minimum Gasteiger partial charge on any atom is -0.479 e. The third kappa shape index (κ3) is 1.30. The van der Waals surface area contributed by atoms with Crippen molar-refractivity contribution >= 4 is 17.5 Å². The average molecular weight is 161 g/mol. The van der Waals surface area contributed by atoms with E-state index in [-0.39, 0.29) is 4.88 Å². The molecule has 0 amide bonds. The molecule has 1 aromatic rings. The minimum atomic E-state index is -1.92. The Hall–Kier alpha value is -0.970. The molecule has 1 heterocycles. The van der Waals surface area contributed by atoms with Gasteiger partial charge in [0.05, 0.1) is 4.88 Å². The molecule has 0 saturated carbocycles. The second-order valence-corrected chi connectivity index (χ2v) is 2.48. The fraction of sp³-hybridized carbons (Fsp3) is 0.200. The molecule has 54 valence electrons. The van der Waals surface area contributed by atoms with Gasteiger partial charge in [0.1, 0.15) is 0 Å². The molecule has 0 aliphatic carbocycles. The van der Waals surface area contributed by atoms with Crippen molar-refractivity contribution in [1.82, 2.24) is 4.37 Å². The van der Waals surface area contributed by atoms with Gasteiger partial charge in [-0.1, -0.05) is 0 Å². The third-order valence-electron chi connectivity index (χ3n) is 0.924. The lowest BCUT2D eigenvalue weighted by atomic mass is 10.3. The van der Waals surface area contributed by atoms with Gasteiger partial charge in [0.2, 0.25) is 6.17 Å². The van der Waals surface area contributed by atoms with Gasteiger partial charge in [-0.05, 0) is 17.6 Å². The zero-order valence-corrected chi connectivity index (χ0v) is 5.64. The minimum absolute atomic E-state index is 0.132. The molecule has 1 rings (SSSR count). The Morgan fingerprint density at radius 1 is 1.90 bits per heavy atom. The largest absolute Gasteiger partial charge is 0.479 e. The maximum absolute atomic E-state index is 12.5. The lowest BCUT2D eigenvalue weighted by Gasteiger charge is -1.94. The van der Waals surface area contributed by atoms with E-state index in [4.69, 9.17) is 5.11 Å². The standard InChI is InChI=1S/C5H4FNO2S/c6-4(5(8)9)3-1-2-7-10-3/h1-2,4H,(H,8,9). The van der Waals surface area contributed by atoms with Gasteiger partial charge < -0.3 is 5.11 Å². The molecule has 0 aliphatic heterocycles. The zero-order valence-electron chi connectivity index (χ0n) is 4.82. The van der Waals surface area contributed by atoms with Crippen molar-refractivity contribution < 1.29 is 14.3 Å². The van der Waals surface area contributed by atoms with E-state index in [2.05, 4.69) is 4.37 Å². The highest BCUT2D eigenvalue weighted by atomic mass is 32.1. The smallest absolute Gasteiger partial charge is 0.343 e. The molecular weight excluding hydrogens is 157 g/mol. The van der Waals surface area contributed by atoms with Gasteiger partial charge in [-0.2, -0.15) is 0 Å². The third-order valence-corrected chi connectivity index (χ3v) is 1.71. The molecular formula is C5H4FNO2S. The Kier molecular flexibility index (Phi) is 1.96. The Balaban J connectivity index is 2.77. The van der Waals surface area contributed by atoms with E-state index in [9.17, 15) is 9.18 Å². The number of alkyl halides is 1. The van der Waals surface area contributed by atoms with Gasteiger partial charge in [-0.15, -0.1) is 0 Å².